The van der Waals surface area contributed by atoms with Gasteiger partial charge in [0.05, 0.1) is 49.3 Å². The van der Waals surface area contributed by atoms with E-state index >= 15 is 0 Å². The molecule has 4 unspecified atom stereocenters. The zero-order valence-corrected chi connectivity index (χ0v) is 26.2. The van der Waals surface area contributed by atoms with Crippen molar-refractivity contribution >= 4 is 23.4 Å². The third-order valence-corrected chi connectivity index (χ3v) is 9.18. The Hall–Kier alpha value is -4.12. The zero-order chi connectivity index (χ0) is 33.6. The fourth-order valence-corrected chi connectivity index (χ4v) is 6.99. The monoisotopic (exact) mass is 654 g/mol. The number of phenolic OH excluding ortho intramolecular Hbond substituents is 2. The van der Waals surface area contributed by atoms with Gasteiger partial charge in [-0.2, -0.15) is 0 Å². The van der Waals surface area contributed by atoms with E-state index < -0.39 is 70.9 Å². The molecule has 6 atom stereocenters. The number of amides is 2. The van der Waals surface area contributed by atoms with Crippen LogP contribution in [0.4, 0.5) is 0 Å². The van der Waals surface area contributed by atoms with Crippen molar-refractivity contribution in [3.8, 4) is 17.2 Å². The predicted octanol–water partition coefficient (Wildman–Crippen LogP) is -0.482. The Balaban J connectivity index is 1.38. The minimum atomic E-state index is -2.19. The summed E-state index contributed by atoms with van der Waals surface area (Å²) in [5, 5.41) is 46.4. The van der Waals surface area contributed by atoms with E-state index in [0.29, 0.717) is 13.2 Å². The minimum absolute atomic E-state index is 0.0139. The van der Waals surface area contributed by atoms with Crippen molar-refractivity contribution in [2.75, 3.05) is 40.5 Å². The molecule has 15 heteroatoms. The van der Waals surface area contributed by atoms with Gasteiger partial charge < -0.3 is 50.2 Å². The van der Waals surface area contributed by atoms with Crippen LogP contribution in [-0.4, -0.2) is 109 Å². The number of aromatic hydroxyl groups is 2. The Labute approximate surface area is 269 Å². The van der Waals surface area contributed by atoms with Crippen LogP contribution < -0.4 is 26.0 Å². The van der Waals surface area contributed by atoms with E-state index in [1.54, 1.807) is 7.05 Å². The van der Waals surface area contributed by atoms with Crippen molar-refractivity contribution in [2.45, 2.75) is 62.4 Å². The Kier molecular flexibility index (Phi) is 8.95. The highest BCUT2D eigenvalue weighted by Gasteiger charge is 2.51. The molecule has 2 aliphatic carbocycles. The zero-order valence-electron chi connectivity index (χ0n) is 26.2. The average molecular weight is 655 g/mol. The number of aliphatic hydroxyl groups is 1. The van der Waals surface area contributed by atoms with E-state index in [0.717, 1.165) is 0 Å². The molecule has 2 aromatic carbocycles. The van der Waals surface area contributed by atoms with Crippen LogP contribution in [0.1, 0.15) is 68.8 Å². The molecule has 15 nitrogen and oxygen atoms in total. The minimum Gasteiger partial charge on any atom is -0.507 e. The van der Waals surface area contributed by atoms with Gasteiger partial charge in [0.1, 0.15) is 29.0 Å². The van der Waals surface area contributed by atoms with Crippen molar-refractivity contribution < 1.29 is 53.4 Å². The molecule has 0 bridgehead atoms. The molecule has 0 saturated carbocycles. The van der Waals surface area contributed by atoms with E-state index in [-0.39, 0.29) is 71.8 Å². The molecule has 252 valence electrons. The first kappa shape index (κ1) is 32.8. The largest absolute Gasteiger partial charge is 0.507 e. The molecule has 2 saturated heterocycles. The van der Waals surface area contributed by atoms with Crippen molar-refractivity contribution in [3.05, 3.63) is 51.6 Å². The molecule has 2 heterocycles. The molecular formula is C32H38N4O11. The maximum Gasteiger partial charge on any atom is 0.252 e. The van der Waals surface area contributed by atoms with Crippen LogP contribution in [0, 0.1) is 0 Å². The van der Waals surface area contributed by atoms with E-state index in [2.05, 4.69) is 21.3 Å². The van der Waals surface area contributed by atoms with Gasteiger partial charge in [0.25, 0.3) is 5.91 Å². The molecule has 4 aliphatic rings. The van der Waals surface area contributed by atoms with Gasteiger partial charge in [-0.25, -0.2) is 0 Å². The van der Waals surface area contributed by atoms with Crippen molar-refractivity contribution in [2.24, 2.45) is 0 Å². The van der Waals surface area contributed by atoms with Crippen LogP contribution in [0.15, 0.2) is 18.2 Å². The lowest BCUT2D eigenvalue weighted by atomic mass is 9.72. The highest BCUT2D eigenvalue weighted by atomic mass is 16.7. The molecule has 2 aliphatic heterocycles. The summed E-state index contributed by atoms with van der Waals surface area (Å²) in [6, 6.07) is 4.34. The summed E-state index contributed by atoms with van der Waals surface area (Å²) in [5.41, 5.74) is -3.30. The Morgan fingerprint density at radius 3 is 2.57 bits per heavy atom. The van der Waals surface area contributed by atoms with Crippen LogP contribution in [-0.2, 0) is 30.2 Å². The predicted molar refractivity (Wildman–Crippen MR) is 162 cm³/mol. The first-order valence-electron chi connectivity index (χ1n) is 15.4. The number of hydrogen-bond acceptors (Lipinski definition) is 13. The quantitative estimate of drug-likeness (QED) is 0.115. The van der Waals surface area contributed by atoms with E-state index in [9.17, 15) is 34.5 Å². The second kappa shape index (κ2) is 12.8. The van der Waals surface area contributed by atoms with Gasteiger partial charge in [-0.05, 0) is 20.0 Å². The SMILES string of the molecule is CNCC(=O)NCCNC(=O)[C@]1(O)Cc2c(O)c3c(c(O)c2[C@@H](OC2CC4NCOC4C(C)O2)C1)C(=O)c1c(OC)cccc1C3=O. The molecule has 6 rings (SSSR count). The van der Waals surface area contributed by atoms with Gasteiger partial charge in [0.2, 0.25) is 11.7 Å². The second-order valence-corrected chi connectivity index (χ2v) is 12.1. The summed E-state index contributed by atoms with van der Waals surface area (Å²) >= 11 is 0. The molecule has 7 N–H and O–H groups in total. The number of ether oxygens (including phenoxy) is 4. The summed E-state index contributed by atoms with van der Waals surface area (Å²) in [4.78, 5) is 52.9. The van der Waals surface area contributed by atoms with Crippen molar-refractivity contribution in [1.82, 2.24) is 21.3 Å². The number of ketones is 2. The van der Waals surface area contributed by atoms with E-state index in [4.69, 9.17) is 18.9 Å². The van der Waals surface area contributed by atoms with E-state index in [1.807, 2.05) is 6.92 Å². The maximum absolute atomic E-state index is 13.9. The lowest BCUT2D eigenvalue weighted by molar-refractivity contribution is -0.244. The smallest absolute Gasteiger partial charge is 0.252 e. The van der Waals surface area contributed by atoms with Gasteiger partial charge in [0, 0.05) is 55.1 Å². The Morgan fingerprint density at radius 1 is 1.09 bits per heavy atom. The topological polar surface area (TPSA) is 214 Å². The highest BCUT2D eigenvalue weighted by Crippen LogP contribution is 2.52. The number of rotatable bonds is 9. The molecule has 47 heavy (non-hydrogen) atoms. The van der Waals surface area contributed by atoms with Gasteiger partial charge in [-0.15, -0.1) is 0 Å². The fraction of sp³-hybridized carbons (Fsp3) is 0.500. The molecule has 0 spiro atoms. The number of likely N-dealkylation sites (N-methyl/N-ethyl adjacent to an activating group) is 1. The molecule has 2 aromatic rings. The van der Waals surface area contributed by atoms with Gasteiger partial charge in [-0.3, -0.25) is 24.5 Å². The Bertz CT molecular complexity index is 1630. The molecule has 0 aromatic heterocycles. The van der Waals surface area contributed by atoms with Crippen LogP contribution in [0.25, 0.3) is 0 Å². The van der Waals surface area contributed by atoms with Crippen LogP contribution in [0.3, 0.4) is 0 Å². The van der Waals surface area contributed by atoms with Crippen molar-refractivity contribution in [3.63, 3.8) is 0 Å². The third kappa shape index (κ3) is 5.72. The number of phenols is 2. The fourth-order valence-electron chi connectivity index (χ4n) is 6.99. The third-order valence-electron chi connectivity index (χ3n) is 9.18. The summed E-state index contributed by atoms with van der Waals surface area (Å²) in [6.07, 6.45) is -3.32. The lowest BCUT2D eigenvalue weighted by Gasteiger charge is -2.42. The van der Waals surface area contributed by atoms with Crippen molar-refractivity contribution in [1.29, 1.82) is 0 Å². The second-order valence-electron chi connectivity index (χ2n) is 12.1. The van der Waals surface area contributed by atoms with Gasteiger partial charge in [0.15, 0.2) is 12.1 Å². The number of methoxy groups -OCH3 is 1. The first-order chi connectivity index (χ1) is 22.5. The molecular weight excluding hydrogens is 616 g/mol. The summed E-state index contributed by atoms with van der Waals surface area (Å²) < 4.78 is 23.5. The maximum atomic E-state index is 13.9. The normalized spacial score (nSPS) is 27.7. The number of fused-ring (bicyclic) bond motifs is 4. The number of benzene rings is 2. The summed E-state index contributed by atoms with van der Waals surface area (Å²) in [6.45, 7) is 2.32. The summed E-state index contributed by atoms with van der Waals surface area (Å²) in [7, 11) is 2.97. The standard InChI is InChI=1S/C32H38N4O11/c1-14-30-17(36-13-45-30)9-21(46-14)47-19-11-32(43,31(42)35-8-7-34-20(37)12-33-2)10-16-23(19)29(41)25-24(27(16)39)26(38)15-5-4-6-18(44-3)22(15)28(25)40/h4-6,14,17,19,21,30,33,36,39,41,43H,7-13H2,1-3H3,(H,34,37)(H,35,42)/t14?,17?,19-,21?,30?,32-/m0/s1. The number of hydrogen-bond donors (Lipinski definition) is 7. The highest BCUT2D eigenvalue weighted by molar-refractivity contribution is 6.31. The number of nitrogens with one attached hydrogen (secondary N) is 4. The average Bonchev–Trinajstić information content (AvgIpc) is 3.52. The summed E-state index contributed by atoms with van der Waals surface area (Å²) in [5.74, 6) is -3.71. The van der Waals surface area contributed by atoms with Gasteiger partial charge in [-0.1, -0.05) is 12.1 Å². The number of carbonyl (C=O) groups is 4. The molecule has 0 radical (unpaired) electrons. The van der Waals surface area contributed by atoms with Crippen LogP contribution >= 0.6 is 0 Å². The van der Waals surface area contributed by atoms with Crippen LogP contribution in [0.2, 0.25) is 0 Å². The lowest BCUT2D eigenvalue weighted by Crippen LogP contribution is -2.54. The molecule has 2 fully saturated rings. The Morgan fingerprint density at radius 2 is 1.83 bits per heavy atom. The van der Waals surface area contributed by atoms with Crippen LogP contribution in [0.5, 0.6) is 17.2 Å². The molecule has 2 amide bonds. The number of carbonyl (C=O) groups excluding carboxylic acids is 4. The van der Waals surface area contributed by atoms with Gasteiger partial charge >= 0.3 is 0 Å². The first-order valence-corrected chi connectivity index (χ1v) is 15.4. The van der Waals surface area contributed by atoms with E-state index in [1.165, 1.54) is 25.3 Å².